The number of benzene rings is 2. The topological polar surface area (TPSA) is 65.0 Å². The molecular formula is C26H33BO5. The highest BCUT2D eigenvalue weighted by atomic mass is 16.7. The Morgan fingerprint density at radius 1 is 1.03 bits per heavy atom. The standard InChI is InChI=1S/C26H33BO5/c1-7-30-23(28)26(29,19(2)20-14-10-8-11-15-20)18-22(21-16-12-9-13-17-21)27-31-24(3,4)25(5,6)32-27/h8-19,29H,7H2,1-6H3/b22-18+/t19-,26-/m1/s1. The second-order valence-electron chi connectivity index (χ2n) is 9.23. The van der Waals surface area contributed by atoms with Crippen molar-refractivity contribution in [3.8, 4) is 0 Å². The first-order valence-corrected chi connectivity index (χ1v) is 11.1. The number of rotatable bonds is 7. The van der Waals surface area contributed by atoms with Gasteiger partial charge in [0.05, 0.1) is 17.8 Å². The van der Waals surface area contributed by atoms with E-state index in [4.69, 9.17) is 14.0 Å². The number of carbonyl (C=O) groups is 1. The van der Waals surface area contributed by atoms with Crippen molar-refractivity contribution in [2.24, 2.45) is 0 Å². The molecule has 0 aliphatic carbocycles. The van der Waals surface area contributed by atoms with Crippen molar-refractivity contribution < 1.29 is 23.9 Å². The van der Waals surface area contributed by atoms with Gasteiger partial charge in [0.2, 0.25) is 0 Å². The molecule has 1 aliphatic rings. The van der Waals surface area contributed by atoms with Crippen LogP contribution in [0.5, 0.6) is 0 Å². The molecule has 0 amide bonds. The maximum Gasteiger partial charge on any atom is 0.495 e. The lowest BCUT2D eigenvalue weighted by Crippen LogP contribution is -2.44. The van der Waals surface area contributed by atoms with Crippen LogP contribution in [-0.4, -0.2) is 41.6 Å². The Bertz CT molecular complexity index is 939. The molecule has 3 rings (SSSR count). The van der Waals surface area contributed by atoms with Gasteiger partial charge in [-0.1, -0.05) is 67.6 Å². The van der Waals surface area contributed by atoms with Gasteiger partial charge < -0.3 is 19.2 Å². The van der Waals surface area contributed by atoms with E-state index < -0.39 is 35.8 Å². The zero-order chi connectivity index (χ0) is 23.6. The van der Waals surface area contributed by atoms with Gasteiger partial charge in [-0.2, -0.15) is 0 Å². The maximum absolute atomic E-state index is 13.1. The molecule has 32 heavy (non-hydrogen) atoms. The molecule has 0 aromatic heterocycles. The van der Waals surface area contributed by atoms with E-state index in [1.165, 1.54) is 0 Å². The summed E-state index contributed by atoms with van der Waals surface area (Å²) in [5.41, 5.74) is -0.860. The number of esters is 1. The van der Waals surface area contributed by atoms with Gasteiger partial charge in [-0.25, -0.2) is 4.79 Å². The van der Waals surface area contributed by atoms with E-state index in [1.807, 2.05) is 95.3 Å². The molecule has 0 radical (unpaired) electrons. The van der Waals surface area contributed by atoms with Gasteiger partial charge in [-0.05, 0) is 57.3 Å². The summed E-state index contributed by atoms with van der Waals surface area (Å²) >= 11 is 0. The molecule has 2 aromatic rings. The number of hydrogen-bond donors (Lipinski definition) is 1. The van der Waals surface area contributed by atoms with Gasteiger partial charge in [-0.3, -0.25) is 0 Å². The minimum absolute atomic E-state index is 0.160. The fraction of sp³-hybridized carbons (Fsp3) is 0.423. The Morgan fingerprint density at radius 2 is 1.53 bits per heavy atom. The SMILES string of the molecule is CCOC(=O)[C@@](O)(/C=C(/B1OC(C)(C)C(C)(C)O1)c1ccccc1)[C@H](C)c1ccccc1. The summed E-state index contributed by atoms with van der Waals surface area (Å²) in [6.07, 6.45) is 1.56. The van der Waals surface area contributed by atoms with E-state index >= 15 is 0 Å². The van der Waals surface area contributed by atoms with Gasteiger partial charge in [0.15, 0.2) is 5.60 Å². The largest absolute Gasteiger partial charge is 0.495 e. The van der Waals surface area contributed by atoms with Gasteiger partial charge in [0.1, 0.15) is 0 Å². The summed E-state index contributed by atoms with van der Waals surface area (Å²) < 4.78 is 17.9. The average molecular weight is 436 g/mol. The Hall–Kier alpha value is -2.41. The minimum atomic E-state index is -1.92. The fourth-order valence-electron chi connectivity index (χ4n) is 3.73. The third kappa shape index (κ3) is 4.68. The normalized spacial score (nSPS) is 20.5. The molecule has 170 valence electrons. The predicted molar refractivity (Wildman–Crippen MR) is 127 cm³/mol. The van der Waals surface area contributed by atoms with E-state index in [1.54, 1.807) is 13.0 Å². The maximum atomic E-state index is 13.1. The zero-order valence-electron chi connectivity index (χ0n) is 19.8. The first kappa shape index (κ1) is 24.2. The van der Waals surface area contributed by atoms with Crippen LogP contribution in [0, 0.1) is 0 Å². The van der Waals surface area contributed by atoms with E-state index in [0.29, 0.717) is 5.47 Å². The molecule has 1 heterocycles. The third-order valence-corrected chi connectivity index (χ3v) is 6.55. The lowest BCUT2D eigenvalue weighted by atomic mass is 9.69. The number of aliphatic hydroxyl groups is 1. The highest BCUT2D eigenvalue weighted by Gasteiger charge is 2.54. The van der Waals surface area contributed by atoms with Crippen molar-refractivity contribution >= 4 is 18.6 Å². The fourth-order valence-corrected chi connectivity index (χ4v) is 3.73. The monoisotopic (exact) mass is 436 g/mol. The average Bonchev–Trinajstić information content (AvgIpc) is 2.99. The Kier molecular flexibility index (Phi) is 6.99. The minimum Gasteiger partial charge on any atom is -0.464 e. The van der Waals surface area contributed by atoms with E-state index in [2.05, 4.69) is 0 Å². The second kappa shape index (κ2) is 9.22. The van der Waals surface area contributed by atoms with Crippen LogP contribution in [0.1, 0.15) is 58.6 Å². The lowest BCUT2D eigenvalue weighted by molar-refractivity contribution is -0.161. The quantitative estimate of drug-likeness (QED) is 0.499. The van der Waals surface area contributed by atoms with Gasteiger partial charge in [0, 0.05) is 5.92 Å². The number of hydrogen-bond acceptors (Lipinski definition) is 5. The van der Waals surface area contributed by atoms with Gasteiger partial charge in [-0.15, -0.1) is 0 Å². The van der Waals surface area contributed by atoms with Crippen LogP contribution in [0.4, 0.5) is 0 Å². The van der Waals surface area contributed by atoms with Crippen LogP contribution in [-0.2, 0) is 18.8 Å². The molecule has 0 saturated carbocycles. The number of carbonyl (C=O) groups excluding carboxylic acids is 1. The van der Waals surface area contributed by atoms with Crippen LogP contribution in [0.3, 0.4) is 0 Å². The summed E-state index contributed by atoms with van der Waals surface area (Å²) in [6, 6.07) is 19.0. The van der Waals surface area contributed by atoms with Crippen LogP contribution in [0.15, 0.2) is 66.7 Å². The Balaban J connectivity index is 2.16. The molecule has 0 spiro atoms. The van der Waals surface area contributed by atoms with E-state index in [0.717, 1.165) is 11.1 Å². The zero-order valence-corrected chi connectivity index (χ0v) is 19.8. The second-order valence-corrected chi connectivity index (χ2v) is 9.23. The molecule has 6 heteroatoms. The summed E-state index contributed by atoms with van der Waals surface area (Å²) in [4.78, 5) is 13.1. The summed E-state index contributed by atoms with van der Waals surface area (Å²) in [5, 5.41) is 11.8. The molecule has 2 atom stereocenters. The van der Waals surface area contributed by atoms with Crippen molar-refractivity contribution in [3.63, 3.8) is 0 Å². The molecule has 1 fully saturated rings. The number of ether oxygens (including phenoxy) is 1. The third-order valence-electron chi connectivity index (χ3n) is 6.55. The highest BCUT2D eigenvalue weighted by molar-refractivity contribution is 6.69. The molecule has 0 bridgehead atoms. The Morgan fingerprint density at radius 3 is 2.03 bits per heavy atom. The van der Waals surface area contributed by atoms with Crippen LogP contribution >= 0.6 is 0 Å². The van der Waals surface area contributed by atoms with Crippen LogP contribution in [0.2, 0.25) is 0 Å². The van der Waals surface area contributed by atoms with Crippen molar-refractivity contribution in [3.05, 3.63) is 77.9 Å². The predicted octanol–water partition coefficient (Wildman–Crippen LogP) is 4.80. The molecular weight excluding hydrogens is 403 g/mol. The van der Waals surface area contributed by atoms with Crippen molar-refractivity contribution in [2.45, 2.75) is 64.3 Å². The van der Waals surface area contributed by atoms with Crippen molar-refractivity contribution in [1.82, 2.24) is 0 Å². The summed E-state index contributed by atoms with van der Waals surface area (Å²) in [6.45, 7) is 11.6. The summed E-state index contributed by atoms with van der Waals surface area (Å²) in [7, 11) is -0.758. The highest BCUT2D eigenvalue weighted by Crippen LogP contribution is 2.42. The Labute approximate surface area is 191 Å². The van der Waals surface area contributed by atoms with E-state index in [9.17, 15) is 9.90 Å². The molecule has 0 unspecified atom stereocenters. The molecule has 1 aliphatic heterocycles. The smallest absolute Gasteiger partial charge is 0.464 e. The molecule has 5 nitrogen and oxygen atoms in total. The summed E-state index contributed by atoms with van der Waals surface area (Å²) in [5.74, 6) is -1.27. The first-order chi connectivity index (χ1) is 15.0. The van der Waals surface area contributed by atoms with Gasteiger partial charge >= 0.3 is 13.1 Å². The molecule has 2 aromatic carbocycles. The van der Waals surface area contributed by atoms with Crippen LogP contribution in [0.25, 0.3) is 5.47 Å². The van der Waals surface area contributed by atoms with Crippen molar-refractivity contribution in [2.75, 3.05) is 6.61 Å². The van der Waals surface area contributed by atoms with E-state index in [-0.39, 0.29) is 6.61 Å². The van der Waals surface area contributed by atoms with Crippen molar-refractivity contribution in [1.29, 1.82) is 0 Å². The molecule has 1 saturated heterocycles. The van der Waals surface area contributed by atoms with Crippen LogP contribution < -0.4 is 0 Å². The lowest BCUT2D eigenvalue weighted by Gasteiger charge is -2.32. The van der Waals surface area contributed by atoms with Gasteiger partial charge in [0.25, 0.3) is 0 Å². The first-order valence-electron chi connectivity index (χ1n) is 11.1. The molecule has 1 N–H and O–H groups in total.